The molecule has 0 N–H and O–H groups in total. The minimum atomic E-state index is -3.18. The molecule has 1 aliphatic rings. The van der Waals surface area contributed by atoms with Crippen molar-refractivity contribution in [1.29, 1.82) is 0 Å². The fourth-order valence-corrected chi connectivity index (χ4v) is 3.38. The normalized spacial score (nSPS) is 18.1. The molecular formula is C16H22N2O3S. The maximum atomic E-state index is 12.4. The number of hydrogen-bond donors (Lipinski definition) is 0. The number of nitrogens with zero attached hydrogens (tertiary/aromatic N) is 2. The molecular weight excluding hydrogens is 300 g/mol. The molecule has 6 heteroatoms. The van der Waals surface area contributed by atoms with Crippen molar-refractivity contribution < 1.29 is 13.2 Å². The van der Waals surface area contributed by atoms with Gasteiger partial charge in [0.2, 0.25) is 15.9 Å². The lowest BCUT2D eigenvalue weighted by Crippen LogP contribution is -2.36. The number of allylic oxidation sites excluding steroid dienone is 1. The van der Waals surface area contributed by atoms with Crippen molar-refractivity contribution in [3.05, 3.63) is 42.0 Å². The molecule has 0 atom stereocenters. The maximum Gasteiger partial charge on any atom is 0.246 e. The maximum absolute atomic E-state index is 12.4. The summed E-state index contributed by atoms with van der Waals surface area (Å²) < 4.78 is 24.6. The van der Waals surface area contributed by atoms with Gasteiger partial charge in [0.05, 0.1) is 6.26 Å². The minimum absolute atomic E-state index is 0.0586. The van der Waals surface area contributed by atoms with Crippen LogP contribution in [-0.4, -0.2) is 56.0 Å². The Kier molecular flexibility index (Phi) is 5.37. The Morgan fingerprint density at radius 3 is 2.41 bits per heavy atom. The Morgan fingerprint density at radius 2 is 1.77 bits per heavy atom. The molecule has 0 bridgehead atoms. The second-order valence-electron chi connectivity index (χ2n) is 5.53. The van der Waals surface area contributed by atoms with E-state index in [0.717, 1.165) is 11.1 Å². The summed E-state index contributed by atoms with van der Waals surface area (Å²) in [5.74, 6) is -0.0586. The van der Waals surface area contributed by atoms with E-state index in [4.69, 9.17) is 0 Å². The van der Waals surface area contributed by atoms with E-state index in [2.05, 4.69) is 0 Å². The first-order valence-corrected chi connectivity index (χ1v) is 9.20. The lowest BCUT2D eigenvalue weighted by atomic mass is 10.1. The van der Waals surface area contributed by atoms with Crippen molar-refractivity contribution in [2.24, 2.45) is 0 Å². The molecule has 2 rings (SSSR count). The molecule has 0 unspecified atom stereocenters. The van der Waals surface area contributed by atoms with Gasteiger partial charge in [-0.1, -0.05) is 30.3 Å². The van der Waals surface area contributed by atoms with Gasteiger partial charge in [-0.3, -0.25) is 4.79 Å². The quantitative estimate of drug-likeness (QED) is 0.794. The summed E-state index contributed by atoms with van der Waals surface area (Å²) in [6, 6.07) is 9.74. The van der Waals surface area contributed by atoms with E-state index in [9.17, 15) is 13.2 Å². The van der Waals surface area contributed by atoms with E-state index >= 15 is 0 Å². The predicted molar refractivity (Wildman–Crippen MR) is 87.7 cm³/mol. The molecule has 1 saturated heterocycles. The van der Waals surface area contributed by atoms with E-state index in [-0.39, 0.29) is 5.91 Å². The fraction of sp³-hybridized carbons (Fsp3) is 0.438. The van der Waals surface area contributed by atoms with Crippen LogP contribution in [0.25, 0.3) is 5.57 Å². The Bertz CT molecular complexity index is 653. The number of benzene rings is 1. The Morgan fingerprint density at radius 1 is 1.09 bits per heavy atom. The summed E-state index contributed by atoms with van der Waals surface area (Å²) in [5, 5.41) is 0. The third-order valence-electron chi connectivity index (χ3n) is 3.80. The molecule has 0 saturated carbocycles. The summed E-state index contributed by atoms with van der Waals surface area (Å²) in [5.41, 5.74) is 1.93. The molecule has 1 aromatic rings. The first kappa shape index (κ1) is 16.7. The van der Waals surface area contributed by atoms with Crippen molar-refractivity contribution in [3.8, 4) is 0 Å². The second-order valence-corrected chi connectivity index (χ2v) is 7.52. The fourth-order valence-electron chi connectivity index (χ4n) is 2.51. The largest absolute Gasteiger partial charge is 0.338 e. The van der Waals surface area contributed by atoms with Crippen LogP contribution in [-0.2, 0) is 14.8 Å². The van der Waals surface area contributed by atoms with E-state index in [0.29, 0.717) is 32.6 Å². The molecule has 5 nitrogen and oxygen atoms in total. The Labute approximate surface area is 132 Å². The van der Waals surface area contributed by atoms with Crippen LogP contribution < -0.4 is 0 Å². The summed E-state index contributed by atoms with van der Waals surface area (Å²) in [4.78, 5) is 14.1. The molecule has 1 aromatic carbocycles. The standard InChI is InChI=1S/C16H22N2O3S/c1-14(15-7-4-3-5-8-15)13-16(19)17-9-6-10-18(12-11-17)22(2,20)21/h3-5,7-8,13H,6,9-12H2,1-2H3/b14-13-. The van der Waals surface area contributed by atoms with E-state index in [1.165, 1.54) is 10.6 Å². The smallest absolute Gasteiger partial charge is 0.246 e. The number of amides is 1. The van der Waals surface area contributed by atoms with Gasteiger partial charge >= 0.3 is 0 Å². The zero-order valence-corrected chi connectivity index (χ0v) is 13.8. The van der Waals surface area contributed by atoms with E-state index < -0.39 is 10.0 Å². The second kappa shape index (κ2) is 7.07. The average Bonchev–Trinajstić information content (AvgIpc) is 2.73. The van der Waals surface area contributed by atoms with Gasteiger partial charge < -0.3 is 4.90 Å². The lowest BCUT2D eigenvalue weighted by Gasteiger charge is -2.20. The molecule has 1 aliphatic heterocycles. The van der Waals surface area contributed by atoms with Crippen LogP contribution in [0, 0.1) is 0 Å². The van der Waals surface area contributed by atoms with Gasteiger partial charge in [0, 0.05) is 32.3 Å². The predicted octanol–water partition coefficient (Wildman–Crippen LogP) is 1.58. The molecule has 1 heterocycles. The first-order valence-electron chi connectivity index (χ1n) is 7.35. The van der Waals surface area contributed by atoms with Crippen LogP contribution in [0.5, 0.6) is 0 Å². The van der Waals surface area contributed by atoms with Gasteiger partial charge in [-0.15, -0.1) is 0 Å². The molecule has 0 spiro atoms. The van der Waals surface area contributed by atoms with Crippen molar-refractivity contribution in [2.75, 3.05) is 32.4 Å². The zero-order valence-electron chi connectivity index (χ0n) is 13.0. The monoisotopic (exact) mass is 322 g/mol. The Hall–Kier alpha value is -1.66. The van der Waals surface area contributed by atoms with Crippen LogP contribution in [0.1, 0.15) is 18.9 Å². The highest BCUT2D eigenvalue weighted by Gasteiger charge is 2.23. The van der Waals surface area contributed by atoms with Gasteiger partial charge in [0.15, 0.2) is 0 Å². The van der Waals surface area contributed by atoms with Crippen LogP contribution in [0.3, 0.4) is 0 Å². The number of sulfonamides is 1. The van der Waals surface area contributed by atoms with Crippen LogP contribution in [0.2, 0.25) is 0 Å². The highest BCUT2D eigenvalue weighted by molar-refractivity contribution is 7.88. The highest BCUT2D eigenvalue weighted by atomic mass is 32.2. The minimum Gasteiger partial charge on any atom is -0.338 e. The number of hydrogen-bond acceptors (Lipinski definition) is 3. The van der Waals surface area contributed by atoms with Gasteiger partial charge in [-0.25, -0.2) is 12.7 Å². The molecule has 22 heavy (non-hydrogen) atoms. The topological polar surface area (TPSA) is 57.7 Å². The van der Waals surface area contributed by atoms with Crippen molar-refractivity contribution in [3.63, 3.8) is 0 Å². The van der Waals surface area contributed by atoms with Crippen molar-refractivity contribution in [1.82, 2.24) is 9.21 Å². The molecule has 0 radical (unpaired) electrons. The summed E-state index contributed by atoms with van der Waals surface area (Å²) in [6.07, 6.45) is 3.51. The van der Waals surface area contributed by atoms with Crippen LogP contribution >= 0.6 is 0 Å². The lowest BCUT2D eigenvalue weighted by molar-refractivity contribution is -0.125. The highest BCUT2D eigenvalue weighted by Crippen LogP contribution is 2.14. The van der Waals surface area contributed by atoms with Gasteiger partial charge in [-0.05, 0) is 24.5 Å². The average molecular weight is 322 g/mol. The number of carbonyl (C=O) groups excluding carboxylic acids is 1. The summed E-state index contributed by atoms with van der Waals surface area (Å²) in [6.45, 7) is 3.77. The summed E-state index contributed by atoms with van der Waals surface area (Å²) >= 11 is 0. The molecule has 0 aromatic heterocycles. The van der Waals surface area contributed by atoms with E-state index in [1.54, 1.807) is 11.0 Å². The summed E-state index contributed by atoms with van der Waals surface area (Å²) in [7, 11) is -3.18. The van der Waals surface area contributed by atoms with Gasteiger partial charge in [-0.2, -0.15) is 0 Å². The third-order valence-corrected chi connectivity index (χ3v) is 5.11. The van der Waals surface area contributed by atoms with Gasteiger partial charge in [0.25, 0.3) is 0 Å². The molecule has 0 aliphatic carbocycles. The zero-order chi connectivity index (χ0) is 16.2. The number of carbonyl (C=O) groups is 1. The number of rotatable bonds is 3. The van der Waals surface area contributed by atoms with Crippen molar-refractivity contribution >= 4 is 21.5 Å². The Balaban J connectivity index is 2.04. The van der Waals surface area contributed by atoms with Crippen molar-refractivity contribution in [2.45, 2.75) is 13.3 Å². The molecule has 1 amide bonds. The molecule has 120 valence electrons. The van der Waals surface area contributed by atoms with Gasteiger partial charge in [0.1, 0.15) is 0 Å². The SMILES string of the molecule is C/C(=C/C(=O)N1CCCN(S(C)(=O)=O)CC1)c1ccccc1. The third kappa shape index (κ3) is 4.42. The van der Waals surface area contributed by atoms with E-state index in [1.807, 2.05) is 37.3 Å². The van der Waals surface area contributed by atoms with Crippen LogP contribution in [0.15, 0.2) is 36.4 Å². The first-order chi connectivity index (χ1) is 10.4. The van der Waals surface area contributed by atoms with Crippen LogP contribution in [0.4, 0.5) is 0 Å². The molecule has 1 fully saturated rings.